The molecule has 8 heteroatoms. The highest BCUT2D eigenvalue weighted by Gasteiger charge is 2.46. The normalized spacial score (nSPS) is 15.5. The Hall–Kier alpha value is -2.87. The number of hydrogen-bond donors (Lipinski definition) is 1. The molecule has 1 aliphatic heterocycles. The average molecular weight is 369 g/mol. The average Bonchev–Trinajstić information content (AvgIpc) is 3.14. The number of rotatable bonds is 3. The summed E-state index contributed by atoms with van der Waals surface area (Å²) in [5, 5.41) is 5.10. The van der Waals surface area contributed by atoms with Gasteiger partial charge in [-0.2, -0.15) is 0 Å². The van der Waals surface area contributed by atoms with Crippen LogP contribution in [0.5, 0.6) is 0 Å². The molecule has 1 atom stereocenters. The highest BCUT2D eigenvalue weighted by molar-refractivity contribution is 7.99. The number of amides is 1. The standard InChI is InChI=1S/C18H16N4O3S/c1-3-26-18-19-16(24)15-12-7-4-5-8-13(12)21(11(2)23)17(22(15)20-18)14-9-6-10-25-14/h4-10,17H,3H2,1-2H3/p+1/t17-/m0/s1. The Morgan fingerprint density at radius 1 is 1.35 bits per heavy atom. The van der Waals surface area contributed by atoms with Crippen molar-refractivity contribution in [3.05, 3.63) is 58.8 Å². The Bertz CT molecular complexity index is 1030. The molecule has 0 fully saturated rings. The molecule has 0 unspecified atom stereocenters. The summed E-state index contributed by atoms with van der Waals surface area (Å²) in [6.45, 7) is 3.48. The number of H-pyrrole nitrogens is 1. The second-order valence-electron chi connectivity index (χ2n) is 5.78. The van der Waals surface area contributed by atoms with E-state index in [1.807, 2.05) is 31.2 Å². The van der Waals surface area contributed by atoms with Crippen molar-refractivity contribution in [3.63, 3.8) is 0 Å². The molecule has 3 heterocycles. The van der Waals surface area contributed by atoms with E-state index in [1.165, 1.54) is 18.7 Å². The number of nitrogens with zero attached hydrogens (tertiary/aromatic N) is 3. The first-order chi connectivity index (χ1) is 12.6. The second-order valence-corrected chi connectivity index (χ2v) is 7.03. The highest BCUT2D eigenvalue weighted by atomic mass is 32.2. The first kappa shape index (κ1) is 16.6. The number of carbonyl (C=O) groups excluding carboxylic acids is 1. The Balaban J connectivity index is 2.07. The summed E-state index contributed by atoms with van der Waals surface area (Å²) < 4.78 is 7.17. The van der Waals surface area contributed by atoms with Crippen LogP contribution in [0, 0.1) is 0 Å². The second kappa shape index (κ2) is 6.45. The maximum atomic E-state index is 12.9. The van der Waals surface area contributed by atoms with Gasteiger partial charge in [-0.1, -0.05) is 30.8 Å². The van der Waals surface area contributed by atoms with Gasteiger partial charge in [0, 0.05) is 12.0 Å². The molecule has 132 valence electrons. The van der Waals surface area contributed by atoms with E-state index in [4.69, 9.17) is 4.42 Å². The summed E-state index contributed by atoms with van der Waals surface area (Å²) >= 11 is 1.43. The molecule has 0 aliphatic carbocycles. The monoisotopic (exact) mass is 369 g/mol. The van der Waals surface area contributed by atoms with E-state index in [0.717, 1.165) is 5.75 Å². The Labute approximate surface area is 153 Å². The predicted octanol–water partition coefficient (Wildman–Crippen LogP) is 2.34. The van der Waals surface area contributed by atoms with Crippen molar-refractivity contribution >= 4 is 23.4 Å². The zero-order chi connectivity index (χ0) is 18.3. The van der Waals surface area contributed by atoms with Crippen molar-refractivity contribution in [3.8, 4) is 11.3 Å². The fourth-order valence-corrected chi connectivity index (χ4v) is 3.79. The summed E-state index contributed by atoms with van der Waals surface area (Å²) in [5.41, 5.74) is 1.47. The van der Waals surface area contributed by atoms with E-state index in [1.54, 1.807) is 28.0 Å². The molecule has 1 aliphatic rings. The molecule has 0 saturated heterocycles. The van der Waals surface area contributed by atoms with Crippen LogP contribution >= 0.6 is 11.8 Å². The van der Waals surface area contributed by atoms with Crippen LogP contribution < -0.4 is 15.1 Å². The Morgan fingerprint density at radius 3 is 2.85 bits per heavy atom. The summed E-state index contributed by atoms with van der Waals surface area (Å²) in [7, 11) is 0. The lowest BCUT2D eigenvalue weighted by molar-refractivity contribution is -0.764. The smallest absolute Gasteiger partial charge is 0.325 e. The van der Waals surface area contributed by atoms with Crippen LogP contribution in [0.2, 0.25) is 0 Å². The number of furan rings is 1. The van der Waals surface area contributed by atoms with Crippen LogP contribution in [0.25, 0.3) is 11.3 Å². The number of anilines is 1. The third kappa shape index (κ3) is 2.53. The minimum atomic E-state index is -0.661. The van der Waals surface area contributed by atoms with Crippen molar-refractivity contribution < 1.29 is 13.9 Å². The van der Waals surface area contributed by atoms with Crippen molar-refractivity contribution in [2.24, 2.45) is 0 Å². The molecule has 7 nitrogen and oxygen atoms in total. The van der Waals surface area contributed by atoms with Crippen LogP contribution in [-0.2, 0) is 4.79 Å². The van der Waals surface area contributed by atoms with Gasteiger partial charge in [-0.3, -0.25) is 14.6 Å². The molecule has 26 heavy (non-hydrogen) atoms. The van der Waals surface area contributed by atoms with Gasteiger partial charge in [0.1, 0.15) is 0 Å². The minimum absolute atomic E-state index is 0.163. The lowest BCUT2D eigenvalue weighted by Crippen LogP contribution is -2.60. The molecule has 0 saturated carbocycles. The molecule has 3 aromatic rings. The van der Waals surface area contributed by atoms with Gasteiger partial charge in [0.25, 0.3) is 0 Å². The van der Waals surface area contributed by atoms with Crippen molar-refractivity contribution in [1.82, 2.24) is 10.1 Å². The molecule has 1 amide bonds. The maximum Gasteiger partial charge on any atom is 0.325 e. The van der Waals surface area contributed by atoms with Gasteiger partial charge < -0.3 is 4.42 Å². The Kier molecular flexibility index (Phi) is 4.12. The predicted molar refractivity (Wildman–Crippen MR) is 96.9 cm³/mol. The van der Waals surface area contributed by atoms with Crippen molar-refractivity contribution in [2.45, 2.75) is 25.2 Å². The van der Waals surface area contributed by atoms with E-state index in [2.05, 4.69) is 10.1 Å². The summed E-state index contributed by atoms with van der Waals surface area (Å²) in [5.74, 6) is 1.14. The van der Waals surface area contributed by atoms with Crippen LogP contribution in [0.15, 0.2) is 57.0 Å². The number of fused-ring (bicyclic) bond motifs is 3. The molecule has 0 bridgehead atoms. The van der Waals surface area contributed by atoms with Crippen molar-refractivity contribution in [1.29, 1.82) is 0 Å². The number of nitrogens with one attached hydrogen (secondary N) is 1. The van der Waals surface area contributed by atoms with Gasteiger partial charge >= 0.3 is 17.4 Å². The molecular weight excluding hydrogens is 352 g/mol. The molecule has 1 aromatic carbocycles. The van der Waals surface area contributed by atoms with Crippen LogP contribution in [-0.4, -0.2) is 21.7 Å². The third-order valence-electron chi connectivity index (χ3n) is 4.18. The summed E-state index contributed by atoms with van der Waals surface area (Å²) in [6, 6.07) is 10.9. The van der Waals surface area contributed by atoms with E-state index >= 15 is 0 Å². The fourth-order valence-electron chi connectivity index (χ4n) is 3.21. The van der Waals surface area contributed by atoms with Gasteiger partial charge in [-0.25, -0.2) is 4.90 Å². The summed E-state index contributed by atoms with van der Waals surface area (Å²) in [6.07, 6.45) is 0.884. The molecule has 1 N–H and O–H groups in total. The first-order valence-corrected chi connectivity index (χ1v) is 9.22. The topological polar surface area (TPSA) is 83.1 Å². The van der Waals surface area contributed by atoms with Gasteiger partial charge in [-0.05, 0) is 34.7 Å². The molecule has 0 spiro atoms. The molecule has 0 radical (unpaired) electrons. The first-order valence-electron chi connectivity index (χ1n) is 8.23. The highest BCUT2D eigenvalue weighted by Crippen LogP contribution is 2.37. The van der Waals surface area contributed by atoms with Gasteiger partial charge in [0.05, 0.1) is 17.5 Å². The number of thioether (sulfide) groups is 1. The molecule has 4 rings (SSSR count). The number of benzene rings is 1. The zero-order valence-corrected chi connectivity index (χ0v) is 15.1. The van der Waals surface area contributed by atoms with Gasteiger partial charge in [0.2, 0.25) is 11.1 Å². The number of hydrogen-bond acceptors (Lipinski definition) is 5. The lowest BCUT2D eigenvalue weighted by Gasteiger charge is -2.29. The molecular formula is C18H17N4O3S+. The molecule has 2 aromatic heterocycles. The van der Waals surface area contributed by atoms with Crippen molar-refractivity contribution in [2.75, 3.05) is 10.7 Å². The number of para-hydroxylation sites is 1. The quantitative estimate of drug-likeness (QED) is 0.566. The van der Waals surface area contributed by atoms with Gasteiger partial charge in [-0.15, -0.1) is 0 Å². The van der Waals surface area contributed by atoms with Crippen LogP contribution in [0.3, 0.4) is 0 Å². The lowest BCUT2D eigenvalue weighted by atomic mass is 10.0. The maximum absolute atomic E-state index is 12.9. The van der Waals surface area contributed by atoms with E-state index in [9.17, 15) is 9.59 Å². The van der Waals surface area contributed by atoms with E-state index in [0.29, 0.717) is 27.9 Å². The SMILES string of the molecule is CCSc1n[n+]2c(c(=O)[nH]1)-c1ccccc1N(C(C)=O)[C@@H]2c1ccco1. The minimum Gasteiger partial charge on any atom is -0.460 e. The fraction of sp³-hybridized carbons (Fsp3) is 0.222. The number of carbonyl (C=O) groups is 1. The third-order valence-corrected chi connectivity index (χ3v) is 4.92. The largest absolute Gasteiger partial charge is 0.460 e. The zero-order valence-electron chi connectivity index (χ0n) is 14.3. The Morgan fingerprint density at radius 2 is 2.15 bits per heavy atom. The van der Waals surface area contributed by atoms with E-state index < -0.39 is 6.17 Å². The number of aromatic amines is 1. The summed E-state index contributed by atoms with van der Waals surface area (Å²) in [4.78, 5) is 29.8. The van der Waals surface area contributed by atoms with Crippen LogP contribution in [0.1, 0.15) is 25.8 Å². The van der Waals surface area contributed by atoms with E-state index in [-0.39, 0.29) is 11.5 Å². The van der Waals surface area contributed by atoms with Gasteiger partial charge in [0.15, 0.2) is 5.76 Å². The van der Waals surface area contributed by atoms with Crippen LogP contribution in [0.4, 0.5) is 5.69 Å². The number of aromatic nitrogens is 3.